The molecule has 1 aromatic carbocycles. The highest BCUT2D eigenvalue weighted by molar-refractivity contribution is 5.83. The second-order valence-electron chi connectivity index (χ2n) is 7.51. The summed E-state index contributed by atoms with van der Waals surface area (Å²) < 4.78 is 0. The van der Waals surface area contributed by atoms with E-state index in [0.29, 0.717) is 23.8 Å². The molecule has 32 heavy (non-hydrogen) atoms. The van der Waals surface area contributed by atoms with E-state index in [-0.39, 0.29) is 12.6 Å². The standard InChI is InChI=1S/C25H22N6O/c32-16-19(12-18-15-28-21-8-2-1-7-20(18)21)29-24-13-23(17-6-5-10-26-14-17)30-25(31-24)22-9-3-4-11-27-22/h1-11,13-15,19,28,32H,12,16H2,(H,29,30,31)/t19-/m0/s1. The van der Waals surface area contributed by atoms with E-state index in [2.05, 4.69) is 31.3 Å². The molecule has 1 atom stereocenters. The molecule has 0 radical (unpaired) electrons. The van der Waals surface area contributed by atoms with Crippen LogP contribution in [0.2, 0.25) is 0 Å². The van der Waals surface area contributed by atoms with Crippen molar-refractivity contribution in [2.75, 3.05) is 11.9 Å². The van der Waals surface area contributed by atoms with Gasteiger partial charge in [0.05, 0.1) is 18.3 Å². The molecule has 7 heteroatoms. The van der Waals surface area contributed by atoms with Crippen LogP contribution in [-0.2, 0) is 6.42 Å². The number of H-pyrrole nitrogens is 1. The molecule has 0 saturated heterocycles. The van der Waals surface area contributed by atoms with Crippen LogP contribution in [0.5, 0.6) is 0 Å². The first kappa shape index (κ1) is 19.8. The van der Waals surface area contributed by atoms with Crippen molar-refractivity contribution in [3.63, 3.8) is 0 Å². The Morgan fingerprint density at radius 2 is 1.84 bits per heavy atom. The van der Waals surface area contributed by atoms with E-state index in [1.165, 1.54) is 0 Å². The maximum atomic E-state index is 10.1. The second kappa shape index (κ2) is 8.95. The van der Waals surface area contributed by atoms with Crippen LogP contribution in [0.25, 0.3) is 33.7 Å². The Bertz CT molecular complexity index is 1260. The summed E-state index contributed by atoms with van der Waals surface area (Å²) in [4.78, 5) is 21.3. The van der Waals surface area contributed by atoms with Gasteiger partial charge < -0.3 is 15.4 Å². The molecule has 0 saturated carbocycles. The molecule has 4 aromatic heterocycles. The van der Waals surface area contributed by atoms with E-state index in [0.717, 1.165) is 27.7 Å². The Hall–Kier alpha value is -4.10. The Balaban J connectivity index is 1.48. The Morgan fingerprint density at radius 3 is 2.66 bits per heavy atom. The zero-order valence-electron chi connectivity index (χ0n) is 17.3. The van der Waals surface area contributed by atoms with E-state index >= 15 is 0 Å². The molecule has 0 fully saturated rings. The number of aliphatic hydroxyl groups excluding tert-OH is 1. The maximum Gasteiger partial charge on any atom is 0.180 e. The van der Waals surface area contributed by atoms with Crippen LogP contribution in [-0.4, -0.2) is 42.7 Å². The fourth-order valence-corrected chi connectivity index (χ4v) is 3.73. The molecule has 3 N–H and O–H groups in total. The van der Waals surface area contributed by atoms with Gasteiger partial charge >= 0.3 is 0 Å². The van der Waals surface area contributed by atoms with Gasteiger partial charge in [-0.15, -0.1) is 0 Å². The molecule has 4 heterocycles. The van der Waals surface area contributed by atoms with Crippen molar-refractivity contribution in [1.29, 1.82) is 0 Å². The number of hydrogen-bond donors (Lipinski definition) is 3. The number of nitrogens with zero attached hydrogens (tertiary/aromatic N) is 4. The lowest BCUT2D eigenvalue weighted by molar-refractivity contribution is 0.273. The lowest BCUT2D eigenvalue weighted by atomic mass is 10.1. The molecule has 7 nitrogen and oxygen atoms in total. The number of para-hydroxylation sites is 1. The van der Waals surface area contributed by atoms with E-state index in [4.69, 9.17) is 4.98 Å². The molecule has 0 unspecified atom stereocenters. The number of rotatable bonds is 7. The number of benzene rings is 1. The average molecular weight is 422 g/mol. The van der Waals surface area contributed by atoms with Crippen molar-refractivity contribution in [3.05, 3.63) is 91.0 Å². The molecule has 5 rings (SSSR count). The highest BCUT2D eigenvalue weighted by Crippen LogP contribution is 2.24. The van der Waals surface area contributed by atoms with Gasteiger partial charge in [-0.25, -0.2) is 9.97 Å². The third-order valence-electron chi connectivity index (χ3n) is 5.29. The van der Waals surface area contributed by atoms with Gasteiger partial charge in [-0.05, 0) is 42.3 Å². The molecular weight excluding hydrogens is 400 g/mol. The number of nitrogens with one attached hydrogen (secondary N) is 2. The average Bonchev–Trinajstić information content (AvgIpc) is 3.27. The molecular formula is C25H22N6O. The highest BCUT2D eigenvalue weighted by Gasteiger charge is 2.15. The first-order valence-electron chi connectivity index (χ1n) is 10.4. The van der Waals surface area contributed by atoms with Crippen LogP contribution in [0.1, 0.15) is 5.56 Å². The minimum Gasteiger partial charge on any atom is -0.394 e. The first-order chi connectivity index (χ1) is 15.8. The van der Waals surface area contributed by atoms with Gasteiger partial charge in [0, 0.05) is 47.3 Å². The van der Waals surface area contributed by atoms with Gasteiger partial charge in [-0.2, -0.15) is 0 Å². The zero-order valence-corrected chi connectivity index (χ0v) is 17.3. The van der Waals surface area contributed by atoms with Crippen molar-refractivity contribution >= 4 is 16.7 Å². The van der Waals surface area contributed by atoms with Crippen molar-refractivity contribution < 1.29 is 5.11 Å². The van der Waals surface area contributed by atoms with Crippen LogP contribution in [0.15, 0.2) is 85.5 Å². The molecule has 0 aliphatic rings. The molecule has 0 aliphatic heterocycles. The van der Waals surface area contributed by atoms with E-state index in [1.807, 2.05) is 60.8 Å². The number of aromatic amines is 1. The number of fused-ring (bicyclic) bond motifs is 1. The molecule has 5 aromatic rings. The van der Waals surface area contributed by atoms with Gasteiger partial charge in [0.1, 0.15) is 11.5 Å². The molecule has 0 amide bonds. The molecule has 0 spiro atoms. The number of hydrogen-bond acceptors (Lipinski definition) is 6. The van der Waals surface area contributed by atoms with Crippen molar-refractivity contribution in [2.24, 2.45) is 0 Å². The summed E-state index contributed by atoms with van der Waals surface area (Å²) in [5, 5.41) is 14.6. The van der Waals surface area contributed by atoms with Gasteiger partial charge in [-0.3, -0.25) is 9.97 Å². The van der Waals surface area contributed by atoms with E-state index in [1.54, 1.807) is 18.6 Å². The predicted molar refractivity (Wildman–Crippen MR) is 125 cm³/mol. The van der Waals surface area contributed by atoms with Crippen LogP contribution in [0.3, 0.4) is 0 Å². The normalized spacial score (nSPS) is 12.0. The second-order valence-corrected chi connectivity index (χ2v) is 7.51. The first-order valence-corrected chi connectivity index (χ1v) is 10.4. The Labute approximate surface area is 185 Å². The lowest BCUT2D eigenvalue weighted by Gasteiger charge is -2.18. The van der Waals surface area contributed by atoms with Gasteiger partial charge in [-0.1, -0.05) is 24.3 Å². The fourth-order valence-electron chi connectivity index (χ4n) is 3.73. The van der Waals surface area contributed by atoms with Crippen molar-refractivity contribution in [3.8, 4) is 22.8 Å². The Kier molecular flexibility index (Phi) is 5.55. The molecule has 158 valence electrons. The third kappa shape index (κ3) is 4.19. The zero-order chi connectivity index (χ0) is 21.8. The minimum atomic E-state index is -0.220. The summed E-state index contributed by atoms with van der Waals surface area (Å²) >= 11 is 0. The van der Waals surface area contributed by atoms with Crippen LogP contribution >= 0.6 is 0 Å². The van der Waals surface area contributed by atoms with Crippen LogP contribution < -0.4 is 5.32 Å². The van der Waals surface area contributed by atoms with Gasteiger partial charge in [0.2, 0.25) is 0 Å². The number of aliphatic hydroxyl groups is 1. The van der Waals surface area contributed by atoms with Crippen molar-refractivity contribution in [1.82, 2.24) is 24.9 Å². The van der Waals surface area contributed by atoms with Gasteiger partial charge in [0.15, 0.2) is 5.82 Å². The summed E-state index contributed by atoms with van der Waals surface area (Å²) in [5.41, 5.74) is 4.52. The SMILES string of the molecule is OC[C@H](Cc1c[nH]c2ccccc12)Nc1cc(-c2cccnc2)nc(-c2ccccn2)n1. The number of anilines is 1. The monoisotopic (exact) mass is 422 g/mol. The quantitative estimate of drug-likeness (QED) is 0.365. The topological polar surface area (TPSA) is 99.6 Å². The minimum absolute atomic E-state index is 0.0370. The maximum absolute atomic E-state index is 10.1. The van der Waals surface area contributed by atoms with E-state index < -0.39 is 0 Å². The molecule has 0 bridgehead atoms. The largest absolute Gasteiger partial charge is 0.394 e. The predicted octanol–water partition coefficient (Wildman–Crippen LogP) is 4.10. The lowest BCUT2D eigenvalue weighted by Crippen LogP contribution is -2.27. The smallest absolute Gasteiger partial charge is 0.180 e. The van der Waals surface area contributed by atoms with Gasteiger partial charge in [0.25, 0.3) is 0 Å². The third-order valence-corrected chi connectivity index (χ3v) is 5.29. The molecule has 0 aliphatic carbocycles. The van der Waals surface area contributed by atoms with Crippen LogP contribution in [0, 0.1) is 0 Å². The fraction of sp³-hybridized carbons (Fsp3) is 0.120. The highest BCUT2D eigenvalue weighted by atomic mass is 16.3. The summed E-state index contributed by atoms with van der Waals surface area (Å²) in [5.74, 6) is 1.14. The van der Waals surface area contributed by atoms with Crippen LogP contribution in [0.4, 0.5) is 5.82 Å². The summed E-state index contributed by atoms with van der Waals surface area (Å²) in [6.07, 6.45) is 7.85. The number of aromatic nitrogens is 5. The number of pyridine rings is 2. The Morgan fingerprint density at radius 1 is 0.938 bits per heavy atom. The van der Waals surface area contributed by atoms with E-state index in [9.17, 15) is 5.11 Å². The summed E-state index contributed by atoms with van der Waals surface area (Å²) in [6, 6.07) is 19.3. The summed E-state index contributed by atoms with van der Waals surface area (Å²) in [7, 11) is 0. The van der Waals surface area contributed by atoms with Crippen molar-refractivity contribution in [2.45, 2.75) is 12.5 Å². The summed E-state index contributed by atoms with van der Waals surface area (Å²) in [6.45, 7) is -0.0370.